The molecule has 0 aliphatic heterocycles. The number of benzene rings is 1. The Morgan fingerprint density at radius 1 is 1.33 bits per heavy atom. The van der Waals surface area contributed by atoms with Crippen molar-refractivity contribution in [1.82, 2.24) is 0 Å². The van der Waals surface area contributed by atoms with Crippen molar-refractivity contribution in [3.63, 3.8) is 0 Å². The monoisotopic (exact) mass is 267 g/mol. The zero-order chi connectivity index (χ0) is 13.1. The highest BCUT2D eigenvalue weighted by Crippen LogP contribution is 2.31. The summed E-state index contributed by atoms with van der Waals surface area (Å²) in [5.74, 6) is -0.196. The van der Waals surface area contributed by atoms with Crippen molar-refractivity contribution in [3.8, 4) is 0 Å². The summed E-state index contributed by atoms with van der Waals surface area (Å²) in [5.41, 5.74) is 6.27. The second-order valence-electron chi connectivity index (χ2n) is 4.21. The molecule has 0 saturated heterocycles. The summed E-state index contributed by atoms with van der Waals surface area (Å²) in [6.45, 7) is -0.116. The summed E-state index contributed by atoms with van der Waals surface area (Å²) in [6.07, 6.45) is 1.88. The number of hydrogen-bond acceptors (Lipinski definition) is 3. The average molecular weight is 268 g/mol. The molecule has 2 rings (SSSR count). The highest BCUT2D eigenvalue weighted by Gasteiger charge is 2.29. The molecule has 2 amide bonds. The van der Waals surface area contributed by atoms with Crippen LogP contribution in [-0.2, 0) is 9.59 Å². The minimum atomic E-state index is -0.331. The van der Waals surface area contributed by atoms with Crippen molar-refractivity contribution in [2.24, 2.45) is 11.7 Å². The Hall–Kier alpha value is -1.59. The van der Waals surface area contributed by atoms with Gasteiger partial charge < -0.3 is 16.4 Å². The quantitative estimate of drug-likeness (QED) is 0.774. The summed E-state index contributed by atoms with van der Waals surface area (Å²) in [5, 5.41) is 5.76. The van der Waals surface area contributed by atoms with Crippen LogP contribution in [0.4, 0.5) is 11.4 Å². The molecular formula is C12H14ClN3O2. The molecule has 0 radical (unpaired) electrons. The van der Waals surface area contributed by atoms with Crippen LogP contribution >= 0.6 is 11.6 Å². The number of anilines is 2. The van der Waals surface area contributed by atoms with Crippen LogP contribution < -0.4 is 16.4 Å². The molecule has 4 N–H and O–H groups in total. The molecule has 1 aromatic rings. The number of halogens is 1. The van der Waals surface area contributed by atoms with Crippen LogP contribution in [0.1, 0.15) is 12.8 Å². The van der Waals surface area contributed by atoms with Crippen LogP contribution in [0.15, 0.2) is 18.2 Å². The van der Waals surface area contributed by atoms with Crippen LogP contribution in [0.5, 0.6) is 0 Å². The van der Waals surface area contributed by atoms with Crippen molar-refractivity contribution in [3.05, 3.63) is 23.2 Å². The Balaban J connectivity index is 2.09. The molecule has 1 aliphatic rings. The van der Waals surface area contributed by atoms with Gasteiger partial charge in [0, 0.05) is 11.6 Å². The molecule has 0 atom stereocenters. The lowest BCUT2D eigenvalue weighted by molar-refractivity contribution is -0.117. The molecule has 18 heavy (non-hydrogen) atoms. The topological polar surface area (TPSA) is 84.2 Å². The van der Waals surface area contributed by atoms with E-state index < -0.39 is 0 Å². The molecule has 1 aromatic carbocycles. The second kappa shape index (κ2) is 5.37. The molecule has 5 nitrogen and oxygen atoms in total. The maximum Gasteiger partial charge on any atom is 0.238 e. The number of carbonyl (C=O) groups excluding carboxylic acids is 2. The van der Waals surface area contributed by atoms with E-state index in [0.29, 0.717) is 16.4 Å². The zero-order valence-corrected chi connectivity index (χ0v) is 10.5. The van der Waals surface area contributed by atoms with Crippen molar-refractivity contribution < 1.29 is 9.59 Å². The average Bonchev–Trinajstić information content (AvgIpc) is 3.17. The fraction of sp³-hybridized carbons (Fsp3) is 0.333. The summed E-state index contributed by atoms with van der Waals surface area (Å²) in [4.78, 5) is 22.8. The molecule has 1 aliphatic carbocycles. The van der Waals surface area contributed by atoms with E-state index in [1.807, 2.05) is 0 Å². The molecule has 0 spiro atoms. The van der Waals surface area contributed by atoms with Gasteiger partial charge in [-0.2, -0.15) is 0 Å². The number of nitrogens with one attached hydrogen (secondary N) is 2. The van der Waals surface area contributed by atoms with Crippen LogP contribution in [0.25, 0.3) is 0 Å². The van der Waals surface area contributed by atoms with E-state index in [2.05, 4.69) is 10.6 Å². The minimum absolute atomic E-state index is 0.00780. The summed E-state index contributed by atoms with van der Waals surface area (Å²) in [7, 11) is 0. The zero-order valence-electron chi connectivity index (χ0n) is 9.70. The number of carbonyl (C=O) groups is 2. The van der Waals surface area contributed by atoms with Gasteiger partial charge in [0.05, 0.1) is 17.3 Å². The Morgan fingerprint density at radius 3 is 2.67 bits per heavy atom. The summed E-state index contributed by atoms with van der Waals surface area (Å²) < 4.78 is 0. The Kier molecular flexibility index (Phi) is 3.84. The van der Waals surface area contributed by atoms with Crippen molar-refractivity contribution in [2.75, 3.05) is 17.2 Å². The van der Waals surface area contributed by atoms with Crippen LogP contribution in [-0.4, -0.2) is 18.4 Å². The van der Waals surface area contributed by atoms with Gasteiger partial charge in [0.15, 0.2) is 0 Å². The molecule has 0 aromatic heterocycles. The minimum Gasteiger partial charge on any atom is -0.326 e. The van der Waals surface area contributed by atoms with E-state index in [4.69, 9.17) is 17.3 Å². The van der Waals surface area contributed by atoms with Crippen molar-refractivity contribution in [2.45, 2.75) is 12.8 Å². The molecule has 0 bridgehead atoms. The molecule has 0 unspecified atom stereocenters. The summed E-state index contributed by atoms with van der Waals surface area (Å²) >= 11 is 5.94. The number of rotatable bonds is 4. The lowest BCUT2D eigenvalue weighted by Gasteiger charge is -2.09. The Bertz CT molecular complexity index is 486. The van der Waals surface area contributed by atoms with E-state index in [1.54, 1.807) is 18.2 Å². The van der Waals surface area contributed by atoms with E-state index >= 15 is 0 Å². The first kappa shape index (κ1) is 12.9. The summed E-state index contributed by atoms with van der Waals surface area (Å²) in [6, 6.07) is 4.94. The molecule has 6 heteroatoms. The molecule has 0 heterocycles. The van der Waals surface area contributed by atoms with Gasteiger partial charge in [-0.1, -0.05) is 11.6 Å². The number of hydrogen-bond donors (Lipinski definition) is 3. The fourth-order valence-electron chi connectivity index (χ4n) is 1.49. The lowest BCUT2D eigenvalue weighted by atomic mass is 10.2. The van der Waals surface area contributed by atoms with Gasteiger partial charge in [-0.15, -0.1) is 0 Å². The standard InChI is InChI=1S/C12H14ClN3O2/c13-9-4-3-8(15-12(18)7-1-2-7)5-10(9)16-11(17)6-14/h3-5,7H,1-2,6,14H2,(H,15,18)(H,16,17). The van der Waals surface area contributed by atoms with Crippen molar-refractivity contribution >= 4 is 34.8 Å². The molecular weight excluding hydrogens is 254 g/mol. The first-order valence-electron chi connectivity index (χ1n) is 5.70. The maximum atomic E-state index is 11.6. The highest BCUT2D eigenvalue weighted by molar-refractivity contribution is 6.33. The first-order chi connectivity index (χ1) is 8.60. The Labute approximate surface area is 110 Å². The molecule has 1 saturated carbocycles. The smallest absolute Gasteiger partial charge is 0.238 e. The van der Waals surface area contributed by atoms with Gasteiger partial charge in [0.1, 0.15) is 0 Å². The van der Waals surface area contributed by atoms with Gasteiger partial charge >= 0.3 is 0 Å². The lowest BCUT2D eigenvalue weighted by Crippen LogP contribution is -2.22. The predicted molar refractivity (Wildman–Crippen MR) is 70.5 cm³/mol. The van der Waals surface area contributed by atoms with Gasteiger partial charge in [-0.3, -0.25) is 9.59 Å². The molecule has 96 valence electrons. The third-order valence-electron chi connectivity index (χ3n) is 2.64. The first-order valence-corrected chi connectivity index (χ1v) is 6.08. The molecule has 1 fully saturated rings. The number of amides is 2. The van der Waals surface area contributed by atoms with E-state index in [0.717, 1.165) is 12.8 Å². The van der Waals surface area contributed by atoms with E-state index in [-0.39, 0.29) is 24.3 Å². The van der Waals surface area contributed by atoms with Gasteiger partial charge in [0.25, 0.3) is 0 Å². The third-order valence-corrected chi connectivity index (χ3v) is 2.97. The maximum absolute atomic E-state index is 11.6. The normalized spacial score (nSPS) is 14.1. The van der Waals surface area contributed by atoms with Gasteiger partial charge in [0.2, 0.25) is 11.8 Å². The van der Waals surface area contributed by atoms with E-state index in [9.17, 15) is 9.59 Å². The van der Waals surface area contributed by atoms with Crippen molar-refractivity contribution in [1.29, 1.82) is 0 Å². The second-order valence-corrected chi connectivity index (χ2v) is 4.62. The van der Waals surface area contributed by atoms with Crippen LogP contribution in [0.2, 0.25) is 5.02 Å². The largest absolute Gasteiger partial charge is 0.326 e. The van der Waals surface area contributed by atoms with E-state index in [1.165, 1.54) is 0 Å². The highest BCUT2D eigenvalue weighted by atomic mass is 35.5. The SMILES string of the molecule is NCC(=O)Nc1cc(NC(=O)C2CC2)ccc1Cl. The van der Waals surface area contributed by atoms with Gasteiger partial charge in [-0.25, -0.2) is 0 Å². The fourth-order valence-corrected chi connectivity index (χ4v) is 1.65. The number of nitrogens with two attached hydrogens (primary N) is 1. The third kappa shape index (κ3) is 3.21. The van der Waals surface area contributed by atoms with Gasteiger partial charge in [-0.05, 0) is 31.0 Å². The van der Waals surface area contributed by atoms with Crippen LogP contribution in [0.3, 0.4) is 0 Å². The predicted octanol–water partition coefficient (Wildman–Crippen LogP) is 1.59. The van der Waals surface area contributed by atoms with Crippen LogP contribution in [0, 0.1) is 5.92 Å². The Morgan fingerprint density at radius 2 is 2.06 bits per heavy atom.